The van der Waals surface area contributed by atoms with Crippen molar-refractivity contribution in [1.29, 1.82) is 0 Å². The van der Waals surface area contributed by atoms with Gasteiger partial charge in [0, 0.05) is 28.8 Å². The number of carboxylic acids is 2. The molecule has 2 aliphatic heterocycles. The number of nitrogen functional groups attached to an aromatic ring is 1. The van der Waals surface area contributed by atoms with Crippen LogP contribution in [-0.4, -0.2) is 78.6 Å². The van der Waals surface area contributed by atoms with E-state index in [1.54, 1.807) is 0 Å². The molecule has 2 amide bonds. The van der Waals surface area contributed by atoms with Crippen molar-refractivity contribution in [2.75, 3.05) is 17.7 Å². The average Bonchev–Trinajstić information content (AvgIpc) is 3.32. The lowest BCUT2D eigenvalue weighted by molar-refractivity contribution is -0.725. The van der Waals surface area contributed by atoms with Gasteiger partial charge in [-0.1, -0.05) is 16.9 Å². The first-order chi connectivity index (χ1) is 18.4. The zero-order chi connectivity index (χ0) is 28.5. The predicted molar refractivity (Wildman–Crippen MR) is 144 cm³/mol. The predicted octanol–water partition coefficient (Wildman–Crippen LogP) is 0.757. The highest BCUT2D eigenvalue weighted by Gasteiger charge is 2.55. The summed E-state index contributed by atoms with van der Waals surface area (Å²) < 4.78 is 1.91. The van der Waals surface area contributed by atoms with Crippen molar-refractivity contribution in [2.24, 2.45) is 5.16 Å². The number of thiazole rings is 1. The Bertz CT molecular complexity index is 1410. The monoisotopic (exact) mass is 593 g/mol. The molecule has 16 heteroatoms. The number of oxime groups is 1. The number of fused-ring (bicyclic) bond motifs is 1. The van der Waals surface area contributed by atoms with E-state index < -0.39 is 40.8 Å². The molecular formula is C23H25N6O7S3+. The first kappa shape index (κ1) is 28.4. The van der Waals surface area contributed by atoms with Crippen LogP contribution in [-0.2, 0) is 30.6 Å². The highest BCUT2D eigenvalue weighted by atomic mass is 32.2. The molecule has 13 nitrogen and oxygen atoms in total. The zero-order valence-electron chi connectivity index (χ0n) is 21.0. The van der Waals surface area contributed by atoms with Crippen LogP contribution in [0.15, 0.2) is 51.2 Å². The minimum Gasteiger partial charge on any atom is -0.478 e. The Morgan fingerprint density at radius 3 is 2.72 bits per heavy atom. The summed E-state index contributed by atoms with van der Waals surface area (Å²) in [6.45, 7) is 2.80. The van der Waals surface area contributed by atoms with Gasteiger partial charge in [-0.3, -0.25) is 14.5 Å². The quantitative estimate of drug-likeness (QED) is 0.100. The summed E-state index contributed by atoms with van der Waals surface area (Å²) in [7, 11) is 0. The molecule has 2 aliphatic rings. The van der Waals surface area contributed by atoms with Crippen LogP contribution in [0, 0.1) is 0 Å². The molecule has 0 spiro atoms. The number of hydrogen-bond acceptors (Lipinski definition) is 11. The summed E-state index contributed by atoms with van der Waals surface area (Å²) in [5.41, 5.74) is 4.06. The number of β-lactam (4-membered cyclic amide) rings is 1. The second-order valence-corrected chi connectivity index (χ2v) is 11.7. The van der Waals surface area contributed by atoms with Gasteiger partial charge in [0.15, 0.2) is 23.6 Å². The molecule has 2 aromatic rings. The van der Waals surface area contributed by atoms with Gasteiger partial charge in [0.2, 0.25) is 10.6 Å². The maximum atomic E-state index is 13.2. The molecule has 0 saturated carbocycles. The normalized spacial score (nSPS) is 19.3. The van der Waals surface area contributed by atoms with Gasteiger partial charge in [0.05, 0.1) is 0 Å². The summed E-state index contributed by atoms with van der Waals surface area (Å²) in [6, 6.07) is 4.60. The number of carboxylic acid groups (broad SMARTS) is 2. The molecule has 1 fully saturated rings. The minimum absolute atomic E-state index is 0.0361. The lowest BCUT2D eigenvalue weighted by Gasteiger charge is -2.49. The van der Waals surface area contributed by atoms with Crippen LogP contribution >= 0.6 is 34.9 Å². The number of pyridine rings is 1. The highest BCUT2D eigenvalue weighted by molar-refractivity contribution is 8.00. The second kappa shape index (κ2) is 11.2. The molecule has 0 aliphatic carbocycles. The Labute approximate surface area is 235 Å². The number of rotatable bonds is 10. The van der Waals surface area contributed by atoms with Crippen LogP contribution in [0.3, 0.4) is 0 Å². The van der Waals surface area contributed by atoms with E-state index in [9.17, 15) is 29.4 Å². The number of aliphatic carboxylic acids is 2. The molecule has 0 bridgehead atoms. The molecule has 2 aromatic heterocycles. The molecule has 2 unspecified atom stereocenters. The Morgan fingerprint density at radius 1 is 1.36 bits per heavy atom. The fraction of sp³-hybridized carbons (Fsp3) is 0.348. The van der Waals surface area contributed by atoms with E-state index >= 15 is 0 Å². The van der Waals surface area contributed by atoms with Crippen molar-refractivity contribution < 1.29 is 38.8 Å². The molecule has 2 atom stereocenters. The molecule has 1 saturated heterocycles. The first-order valence-electron chi connectivity index (χ1n) is 11.4. The topological polar surface area (TPSA) is 188 Å². The standard InChI is InChI=1S/C23H24N6O7S3/c1-23(2,21(34)35)36-27-14(12-10-39-22(24)25-12)17(30)26-15-18(31)29-16(20(32)33)11(9-38-19(15)29)8-28-7-5-4-6-13(28)37-3/h4-7,10,15,19H,8-9H2,1-3H3,(H4-,24,25,26,30,32,33,34,35)/p+1/b27-14-. The minimum atomic E-state index is -1.75. The van der Waals surface area contributed by atoms with Crippen LogP contribution in [0.25, 0.3) is 0 Å². The van der Waals surface area contributed by atoms with E-state index in [1.807, 2.05) is 35.2 Å². The van der Waals surface area contributed by atoms with Gasteiger partial charge in [-0.25, -0.2) is 14.6 Å². The van der Waals surface area contributed by atoms with Gasteiger partial charge in [-0.05, 0) is 26.2 Å². The molecule has 0 aromatic carbocycles. The Hall–Kier alpha value is -3.63. The van der Waals surface area contributed by atoms with Gasteiger partial charge in [0.1, 0.15) is 22.8 Å². The Balaban J connectivity index is 1.56. The number of hydrogen-bond donors (Lipinski definition) is 4. The van der Waals surface area contributed by atoms with Crippen LogP contribution in [0.1, 0.15) is 19.5 Å². The number of nitrogens with zero attached hydrogens (tertiary/aromatic N) is 4. The van der Waals surface area contributed by atoms with Gasteiger partial charge >= 0.3 is 11.9 Å². The van der Waals surface area contributed by atoms with Crippen molar-refractivity contribution >= 4 is 69.5 Å². The zero-order valence-corrected chi connectivity index (χ0v) is 23.4. The summed E-state index contributed by atoms with van der Waals surface area (Å²) in [4.78, 5) is 60.3. The maximum Gasteiger partial charge on any atom is 0.352 e. The molecule has 0 radical (unpaired) electrons. The fourth-order valence-corrected chi connectivity index (χ4v) is 6.25. The number of anilines is 1. The van der Waals surface area contributed by atoms with Crippen molar-refractivity contribution in [3.63, 3.8) is 0 Å². The van der Waals surface area contributed by atoms with Crippen LogP contribution in [0.2, 0.25) is 0 Å². The number of nitrogens with two attached hydrogens (primary N) is 1. The van der Waals surface area contributed by atoms with E-state index in [-0.39, 0.29) is 28.8 Å². The van der Waals surface area contributed by atoms with Gasteiger partial charge in [0.25, 0.3) is 11.8 Å². The third-order valence-corrected chi connectivity index (χ3v) is 8.67. The van der Waals surface area contributed by atoms with Crippen molar-refractivity contribution in [3.05, 3.63) is 46.7 Å². The van der Waals surface area contributed by atoms with Crippen molar-refractivity contribution in [1.82, 2.24) is 15.2 Å². The second-order valence-electron chi connectivity index (χ2n) is 8.91. The third-order valence-electron chi connectivity index (χ3n) is 5.87. The van der Waals surface area contributed by atoms with E-state index in [0.29, 0.717) is 11.3 Å². The molecular weight excluding hydrogens is 568 g/mol. The van der Waals surface area contributed by atoms with Gasteiger partial charge in [-0.2, -0.15) is 4.57 Å². The van der Waals surface area contributed by atoms with Crippen molar-refractivity contribution in [3.8, 4) is 0 Å². The Morgan fingerprint density at radius 2 is 2.10 bits per heavy atom. The SMILES string of the molecule is CSc1cccc[n+]1CC1=C(C(=O)O)N2C(=O)C(NC(=O)/C(=N\OC(C)(C)C(=O)O)c3csc(N)n3)C2SC1. The highest BCUT2D eigenvalue weighted by Crippen LogP contribution is 2.40. The first-order valence-corrected chi connectivity index (χ1v) is 14.5. The number of nitrogens with one attached hydrogen (secondary N) is 1. The van der Waals surface area contributed by atoms with E-state index in [2.05, 4.69) is 15.5 Å². The number of carbonyl (C=O) groups is 4. The van der Waals surface area contributed by atoms with Crippen LogP contribution in [0.5, 0.6) is 0 Å². The number of aromatic nitrogens is 2. The van der Waals surface area contributed by atoms with E-state index in [0.717, 1.165) is 16.4 Å². The number of carbonyl (C=O) groups excluding carboxylic acids is 2. The molecule has 4 heterocycles. The molecule has 4 rings (SSSR count). The van der Waals surface area contributed by atoms with Gasteiger partial charge < -0.3 is 26.1 Å². The van der Waals surface area contributed by atoms with E-state index in [4.69, 9.17) is 10.6 Å². The van der Waals surface area contributed by atoms with E-state index in [1.165, 1.54) is 47.7 Å². The number of thioether (sulfide) groups is 2. The third kappa shape index (κ3) is 5.72. The summed E-state index contributed by atoms with van der Waals surface area (Å²) >= 11 is 3.88. The molecule has 206 valence electrons. The summed E-state index contributed by atoms with van der Waals surface area (Å²) in [6.07, 6.45) is 3.76. The summed E-state index contributed by atoms with van der Waals surface area (Å²) in [5.74, 6) is -3.66. The fourth-order valence-electron chi connectivity index (χ4n) is 3.80. The van der Waals surface area contributed by atoms with Crippen LogP contribution < -0.4 is 15.6 Å². The molecule has 5 N–H and O–H groups in total. The number of amides is 2. The maximum absolute atomic E-state index is 13.2. The lowest BCUT2D eigenvalue weighted by Crippen LogP contribution is -2.71. The smallest absolute Gasteiger partial charge is 0.352 e. The van der Waals surface area contributed by atoms with Crippen LogP contribution in [0.4, 0.5) is 5.13 Å². The summed E-state index contributed by atoms with van der Waals surface area (Å²) in [5, 5.41) is 27.4. The van der Waals surface area contributed by atoms with Crippen molar-refractivity contribution in [2.45, 2.75) is 42.4 Å². The largest absolute Gasteiger partial charge is 0.478 e. The Kier molecular flexibility index (Phi) is 8.17. The lowest BCUT2D eigenvalue weighted by atomic mass is 10.0. The van der Waals surface area contributed by atoms with Gasteiger partial charge in [-0.15, -0.1) is 23.1 Å². The molecule has 39 heavy (non-hydrogen) atoms. The average molecular weight is 594 g/mol.